The summed E-state index contributed by atoms with van der Waals surface area (Å²) < 4.78 is 0. The van der Waals surface area contributed by atoms with Gasteiger partial charge in [0.1, 0.15) is 0 Å². The monoisotopic (exact) mass is 207 g/mol. The van der Waals surface area contributed by atoms with Crippen molar-refractivity contribution in [3.8, 4) is 0 Å². The molecular weight excluding hydrogens is 190 g/mol. The topological polar surface area (TPSA) is 12.0 Å². The van der Waals surface area contributed by atoms with Crippen molar-refractivity contribution in [2.24, 2.45) is 0 Å². The fourth-order valence-electron chi connectivity index (χ4n) is 1.62. The van der Waals surface area contributed by atoms with Crippen molar-refractivity contribution in [2.45, 2.75) is 36.7 Å². The van der Waals surface area contributed by atoms with Crippen LogP contribution in [-0.4, -0.2) is 12.3 Å². The molecule has 1 aliphatic rings. The Hall–Kier alpha value is -0.470. The van der Waals surface area contributed by atoms with Crippen LogP contribution in [0.4, 0.5) is 0 Å². The molecule has 0 heterocycles. The Morgan fingerprint density at radius 3 is 2.50 bits per heavy atom. The van der Waals surface area contributed by atoms with E-state index in [0.717, 1.165) is 12.6 Å². The van der Waals surface area contributed by atoms with E-state index in [2.05, 4.69) is 35.8 Å². The molecule has 2 rings (SSSR count). The van der Waals surface area contributed by atoms with Crippen molar-refractivity contribution in [1.29, 1.82) is 0 Å². The van der Waals surface area contributed by atoms with Gasteiger partial charge in [0, 0.05) is 17.5 Å². The maximum absolute atomic E-state index is 3.57. The van der Waals surface area contributed by atoms with Gasteiger partial charge < -0.3 is 5.32 Å². The maximum atomic E-state index is 3.57. The van der Waals surface area contributed by atoms with E-state index in [-0.39, 0.29) is 0 Å². The number of nitrogens with one attached hydrogen (secondary N) is 1. The molecule has 0 bridgehead atoms. The second-order valence-corrected chi connectivity index (χ2v) is 4.74. The zero-order chi connectivity index (χ0) is 9.80. The van der Waals surface area contributed by atoms with Crippen LogP contribution < -0.4 is 5.32 Å². The zero-order valence-electron chi connectivity index (χ0n) is 8.62. The van der Waals surface area contributed by atoms with Crippen molar-refractivity contribution in [3.05, 3.63) is 29.8 Å². The molecule has 0 spiro atoms. The second-order valence-electron chi connectivity index (χ2n) is 3.86. The molecule has 0 amide bonds. The fourth-order valence-corrected chi connectivity index (χ4v) is 2.03. The molecule has 0 aliphatic heterocycles. The lowest BCUT2D eigenvalue weighted by molar-refractivity contribution is 0.338. The number of rotatable bonds is 4. The third kappa shape index (κ3) is 2.52. The standard InChI is InChI=1S/C12H17NS/c1-14-12-7-5-10(6-8-12)9-13-11-3-2-4-11/h5-8,11,13H,2-4,9H2,1H3. The predicted octanol–water partition coefficient (Wildman–Crippen LogP) is 3.05. The maximum Gasteiger partial charge on any atom is 0.0208 e. The molecular formula is C12H17NS. The number of benzene rings is 1. The molecule has 0 unspecified atom stereocenters. The molecule has 1 aromatic rings. The molecule has 0 atom stereocenters. The summed E-state index contributed by atoms with van der Waals surface area (Å²) in [6.45, 7) is 1.03. The van der Waals surface area contributed by atoms with Gasteiger partial charge in [-0.25, -0.2) is 0 Å². The predicted molar refractivity (Wildman–Crippen MR) is 62.7 cm³/mol. The molecule has 1 fully saturated rings. The normalized spacial score (nSPS) is 16.6. The summed E-state index contributed by atoms with van der Waals surface area (Å²) >= 11 is 1.80. The lowest BCUT2D eigenvalue weighted by Gasteiger charge is -2.26. The number of hydrogen-bond donors (Lipinski definition) is 1. The van der Waals surface area contributed by atoms with Gasteiger partial charge in [0.2, 0.25) is 0 Å². The minimum absolute atomic E-state index is 0.787. The lowest BCUT2D eigenvalue weighted by Crippen LogP contribution is -2.34. The molecule has 14 heavy (non-hydrogen) atoms. The Morgan fingerprint density at radius 1 is 1.29 bits per heavy atom. The van der Waals surface area contributed by atoms with E-state index < -0.39 is 0 Å². The van der Waals surface area contributed by atoms with Gasteiger partial charge in [0.25, 0.3) is 0 Å². The quantitative estimate of drug-likeness (QED) is 0.762. The zero-order valence-corrected chi connectivity index (χ0v) is 9.44. The van der Waals surface area contributed by atoms with Gasteiger partial charge in [-0.05, 0) is 36.8 Å². The van der Waals surface area contributed by atoms with E-state index in [9.17, 15) is 0 Å². The van der Waals surface area contributed by atoms with Crippen LogP contribution in [0.3, 0.4) is 0 Å². The first kappa shape index (κ1) is 10.1. The van der Waals surface area contributed by atoms with Crippen LogP contribution in [0.1, 0.15) is 24.8 Å². The average molecular weight is 207 g/mol. The van der Waals surface area contributed by atoms with Crippen molar-refractivity contribution in [1.82, 2.24) is 5.32 Å². The third-order valence-electron chi connectivity index (χ3n) is 2.86. The Balaban J connectivity index is 1.83. The van der Waals surface area contributed by atoms with Gasteiger partial charge in [-0.3, -0.25) is 0 Å². The minimum atomic E-state index is 0.787. The van der Waals surface area contributed by atoms with Gasteiger partial charge in [-0.1, -0.05) is 18.6 Å². The van der Waals surface area contributed by atoms with Crippen LogP contribution in [0.15, 0.2) is 29.2 Å². The molecule has 1 saturated carbocycles. The molecule has 0 saturated heterocycles. The second kappa shape index (κ2) is 4.85. The smallest absolute Gasteiger partial charge is 0.0208 e. The van der Waals surface area contributed by atoms with Gasteiger partial charge in [-0.2, -0.15) is 0 Å². The first-order chi connectivity index (χ1) is 6.88. The highest BCUT2D eigenvalue weighted by atomic mass is 32.2. The van der Waals surface area contributed by atoms with E-state index in [1.807, 2.05) is 0 Å². The fraction of sp³-hybridized carbons (Fsp3) is 0.500. The summed E-state index contributed by atoms with van der Waals surface area (Å²) in [4.78, 5) is 1.34. The first-order valence-corrected chi connectivity index (χ1v) is 6.47. The molecule has 1 aromatic carbocycles. The Labute approximate surface area is 90.3 Å². The van der Waals surface area contributed by atoms with Crippen LogP contribution in [0.2, 0.25) is 0 Å². The molecule has 0 radical (unpaired) electrons. The molecule has 1 N–H and O–H groups in total. The Morgan fingerprint density at radius 2 is 2.00 bits per heavy atom. The summed E-state index contributed by atoms with van der Waals surface area (Å²) in [5.74, 6) is 0. The molecule has 2 heteroatoms. The van der Waals surface area contributed by atoms with E-state index in [4.69, 9.17) is 0 Å². The summed E-state index contributed by atoms with van der Waals surface area (Å²) in [7, 11) is 0. The minimum Gasteiger partial charge on any atom is -0.310 e. The van der Waals surface area contributed by atoms with Crippen molar-refractivity contribution < 1.29 is 0 Å². The summed E-state index contributed by atoms with van der Waals surface area (Å²) in [5.41, 5.74) is 1.40. The Kier molecular flexibility index (Phi) is 3.49. The van der Waals surface area contributed by atoms with Crippen LogP contribution in [-0.2, 0) is 6.54 Å². The largest absolute Gasteiger partial charge is 0.310 e. The van der Waals surface area contributed by atoms with Gasteiger partial charge in [0.15, 0.2) is 0 Å². The van der Waals surface area contributed by atoms with E-state index in [0.29, 0.717) is 0 Å². The van der Waals surface area contributed by atoms with Gasteiger partial charge in [0.05, 0.1) is 0 Å². The van der Waals surface area contributed by atoms with Crippen LogP contribution in [0.5, 0.6) is 0 Å². The van der Waals surface area contributed by atoms with Crippen LogP contribution in [0, 0.1) is 0 Å². The summed E-state index contributed by atoms with van der Waals surface area (Å²) in [6, 6.07) is 9.62. The SMILES string of the molecule is CSc1ccc(CNC2CCC2)cc1. The van der Waals surface area contributed by atoms with E-state index in [1.165, 1.54) is 29.7 Å². The number of hydrogen-bond acceptors (Lipinski definition) is 2. The van der Waals surface area contributed by atoms with E-state index >= 15 is 0 Å². The third-order valence-corrected chi connectivity index (χ3v) is 3.60. The summed E-state index contributed by atoms with van der Waals surface area (Å²) in [5, 5.41) is 3.57. The highest BCUT2D eigenvalue weighted by molar-refractivity contribution is 7.98. The van der Waals surface area contributed by atoms with Crippen molar-refractivity contribution in [2.75, 3.05) is 6.26 Å². The van der Waals surface area contributed by atoms with Gasteiger partial charge >= 0.3 is 0 Å². The molecule has 1 nitrogen and oxygen atoms in total. The highest BCUT2D eigenvalue weighted by Crippen LogP contribution is 2.19. The lowest BCUT2D eigenvalue weighted by atomic mass is 9.93. The van der Waals surface area contributed by atoms with Crippen molar-refractivity contribution in [3.63, 3.8) is 0 Å². The molecule has 76 valence electrons. The van der Waals surface area contributed by atoms with Crippen LogP contribution >= 0.6 is 11.8 Å². The van der Waals surface area contributed by atoms with E-state index in [1.54, 1.807) is 11.8 Å². The Bertz CT molecular complexity index is 277. The van der Waals surface area contributed by atoms with Gasteiger partial charge in [-0.15, -0.1) is 11.8 Å². The van der Waals surface area contributed by atoms with Crippen molar-refractivity contribution >= 4 is 11.8 Å². The van der Waals surface area contributed by atoms with Crippen LogP contribution in [0.25, 0.3) is 0 Å². The highest BCUT2D eigenvalue weighted by Gasteiger charge is 2.15. The molecule has 0 aromatic heterocycles. The summed E-state index contributed by atoms with van der Waals surface area (Å²) in [6.07, 6.45) is 6.25. The first-order valence-electron chi connectivity index (χ1n) is 5.25. The molecule has 1 aliphatic carbocycles. The average Bonchev–Trinajstić information content (AvgIpc) is 2.16. The number of thioether (sulfide) groups is 1.